The second-order valence-corrected chi connectivity index (χ2v) is 5.53. The van der Waals surface area contributed by atoms with Crippen LogP contribution in [-0.4, -0.2) is 60.5 Å². The highest BCUT2D eigenvalue weighted by molar-refractivity contribution is 5.91. The molecule has 6 heteroatoms. The lowest BCUT2D eigenvalue weighted by Crippen LogP contribution is -2.52. The molecule has 1 aromatic rings. The van der Waals surface area contributed by atoms with Gasteiger partial charge in [0.05, 0.1) is 0 Å². The number of furan rings is 1. The first-order chi connectivity index (χ1) is 10.1. The fourth-order valence-corrected chi connectivity index (χ4v) is 2.81. The van der Waals surface area contributed by atoms with Crippen molar-refractivity contribution in [2.45, 2.75) is 25.9 Å². The van der Waals surface area contributed by atoms with E-state index in [0.29, 0.717) is 38.5 Å². The Labute approximate surface area is 123 Å². The summed E-state index contributed by atoms with van der Waals surface area (Å²) in [6, 6.07) is 3.48. The highest BCUT2D eigenvalue weighted by Gasteiger charge is 2.31. The first-order valence-corrected chi connectivity index (χ1v) is 7.41. The van der Waals surface area contributed by atoms with E-state index in [0.717, 1.165) is 18.6 Å². The molecule has 3 rings (SSSR count). The highest BCUT2D eigenvalue weighted by atomic mass is 16.5. The number of ether oxygens (including phenoxy) is 1. The number of carbonyl (C=O) groups excluding carboxylic acids is 2. The molecule has 6 nitrogen and oxygen atoms in total. The second kappa shape index (κ2) is 5.89. The minimum absolute atomic E-state index is 0.0634. The molecule has 0 N–H and O–H groups in total. The Morgan fingerprint density at radius 2 is 1.86 bits per heavy atom. The van der Waals surface area contributed by atoms with Gasteiger partial charge in [-0.25, -0.2) is 0 Å². The molecule has 0 bridgehead atoms. The smallest absolute Gasteiger partial charge is 0.289 e. The van der Waals surface area contributed by atoms with E-state index < -0.39 is 0 Å². The number of nitrogens with zero attached hydrogens (tertiary/aromatic N) is 2. The largest absolute Gasteiger partial charge is 0.456 e. The Balaban J connectivity index is 1.55. The van der Waals surface area contributed by atoms with Crippen LogP contribution < -0.4 is 0 Å². The molecule has 0 radical (unpaired) electrons. The maximum absolute atomic E-state index is 12.2. The average Bonchev–Trinajstić information content (AvgIpc) is 3.17. The summed E-state index contributed by atoms with van der Waals surface area (Å²) in [4.78, 5) is 28.0. The van der Waals surface area contributed by atoms with Crippen molar-refractivity contribution in [2.75, 3.05) is 32.8 Å². The zero-order valence-electron chi connectivity index (χ0n) is 12.2. The van der Waals surface area contributed by atoms with Crippen LogP contribution in [0.15, 0.2) is 16.5 Å². The van der Waals surface area contributed by atoms with E-state index in [2.05, 4.69) is 0 Å². The van der Waals surface area contributed by atoms with E-state index in [-0.39, 0.29) is 17.9 Å². The van der Waals surface area contributed by atoms with Crippen molar-refractivity contribution in [2.24, 2.45) is 0 Å². The number of piperazine rings is 1. The summed E-state index contributed by atoms with van der Waals surface area (Å²) in [7, 11) is 0. The molecule has 1 unspecified atom stereocenters. The lowest BCUT2D eigenvalue weighted by Gasteiger charge is -2.35. The monoisotopic (exact) mass is 292 g/mol. The van der Waals surface area contributed by atoms with E-state index >= 15 is 0 Å². The molecule has 0 aromatic carbocycles. The molecule has 2 fully saturated rings. The maximum Gasteiger partial charge on any atom is 0.289 e. The number of hydrogen-bond donors (Lipinski definition) is 0. The Morgan fingerprint density at radius 3 is 2.43 bits per heavy atom. The van der Waals surface area contributed by atoms with Crippen molar-refractivity contribution in [3.8, 4) is 0 Å². The van der Waals surface area contributed by atoms with Gasteiger partial charge in [-0.05, 0) is 31.9 Å². The molecule has 0 saturated carbocycles. The molecule has 2 aliphatic heterocycles. The summed E-state index contributed by atoms with van der Waals surface area (Å²) < 4.78 is 10.8. The number of aryl methyl sites for hydroxylation is 1. The standard InChI is InChI=1S/C15H20N2O4/c1-11-4-5-13(21-11)15(19)17-8-6-16(7-9-17)14(18)12-3-2-10-20-12/h4-5,12H,2-3,6-10H2,1H3. The number of carbonyl (C=O) groups is 2. The second-order valence-electron chi connectivity index (χ2n) is 5.53. The van der Waals surface area contributed by atoms with E-state index in [1.165, 1.54) is 0 Å². The van der Waals surface area contributed by atoms with Gasteiger partial charge in [-0.15, -0.1) is 0 Å². The number of rotatable bonds is 2. The van der Waals surface area contributed by atoms with Crippen molar-refractivity contribution in [1.29, 1.82) is 0 Å². The van der Waals surface area contributed by atoms with Gasteiger partial charge in [0.1, 0.15) is 11.9 Å². The summed E-state index contributed by atoms with van der Waals surface area (Å²) >= 11 is 0. The van der Waals surface area contributed by atoms with Crippen LogP contribution in [0.4, 0.5) is 0 Å². The Hall–Kier alpha value is -1.82. The highest BCUT2D eigenvalue weighted by Crippen LogP contribution is 2.17. The summed E-state index contributed by atoms with van der Waals surface area (Å²) in [6.07, 6.45) is 1.48. The van der Waals surface area contributed by atoms with Crippen molar-refractivity contribution in [3.63, 3.8) is 0 Å². The van der Waals surface area contributed by atoms with Crippen LogP contribution in [0.3, 0.4) is 0 Å². The molecule has 1 atom stereocenters. The van der Waals surface area contributed by atoms with Gasteiger partial charge in [0.2, 0.25) is 0 Å². The predicted octanol–water partition coefficient (Wildman–Crippen LogP) is 1.05. The molecule has 0 spiro atoms. The Morgan fingerprint density at radius 1 is 1.14 bits per heavy atom. The molecular weight excluding hydrogens is 272 g/mol. The maximum atomic E-state index is 12.2. The molecular formula is C15H20N2O4. The minimum Gasteiger partial charge on any atom is -0.456 e. The third kappa shape index (κ3) is 2.95. The molecule has 0 aliphatic carbocycles. The van der Waals surface area contributed by atoms with Gasteiger partial charge in [-0.1, -0.05) is 0 Å². The van der Waals surface area contributed by atoms with E-state index in [1.54, 1.807) is 21.9 Å². The van der Waals surface area contributed by atoms with Crippen molar-refractivity contribution < 1.29 is 18.7 Å². The molecule has 3 heterocycles. The van der Waals surface area contributed by atoms with Gasteiger partial charge in [0, 0.05) is 32.8 Å². The first-order valence-electron chi connectivity index (χ1n) is 7.41. The van der Waals surface area contributed by atoms with Crippen LogP contribution in [0.5, 0.6) is 0 Å². The number of amides is 2. The fourth-order valence-electron chi connectivity index (χ4n) is 2.81. The van der Waals surface area contributed by atoms with Crippen molar-refractivity contribution in [3.05, 3.63) is 23.7 Å². The lowest BCUT2D eigenvalue weighted by atomic mass is 10.2. The van der Waals surface area contributed by atoms with Crippen LogP contribution in [-0.2, 0) is 9.53 Å². The van der Waals surface area contributed by atoms with Crippen LogP contribution in [0.25, 0.3) is 0 Å². The first kappa shape index (κ1) is 14.1. The normalized spacial score (nSPS) is 22.6. The zero-order chi connectivity index (χ0) is 14.8. The minimum atomic E-state index is -0.278. The molecule has 2 saturated heterocycles. The van der Waals surface area contributed by atoms with Crippen LogP contribution in [0.1, 0.15) is 29.2 Å². The van der Waals surface area contributed by atoms with Gasteiger partial charge in [-0.2, -0.15) is 0 Å². The van der Waals surface area contributed by atoms with Crippen LogP contribution in [0, 0.1) is 6.92 Å². The van der Waals surface area contributed by atoms with Gasteiger partial charge >= 0.3 is 0 Å². The Bertz CT molecular complexity index is 526. The quantitative estimate of drug-likeness (QED) is 0.817. The molecule has 114 valence electrons. The topological polar surface area (TPSA) is 63.0 Å². The van der Waals surface area contributed by atoms with Gasteiger partial charge in [0.15, 0.2) is 5.76 Å². The summed E-state index contributed by atoms with van der Waals surface area (Å²) in [5, 5.41) is 0. The third-order valence-electron chi connectivity index (χ3n) is 4.03. The van der Waals surface area contributed by atoms with E-state index in [4.69, 9.17) is 9.15 Å². The lowest BCUT2D eigenvalue weighted by molar-refractivity contribution is -0.142. The van der Waals surface area contributed by atoms with Gasteiger partial charge < -0.3 is 19.0 Å². The molecule has 21 heavy (non-hydrogen) atoms. The van der Waals surface area contributed by atoms with Crippen LogP contribution in [0.2, 0.25) is 0 Å². The third-order valence-corrected chi connectivity index (χ3v) is 4.03. The summed E-state index contributed by atoms with van der Waals surface area (Å²) in [6.45, 7) is 4.68. The van der Waals surface area contributed by atoms with E-state index in [9.17, 15) is 9.59 Å². The van der Waals surface area contributed by atoms with E-state index in [1.807, 2.05) is 6.92 Å². The predicted molar refractivity (Wildman–Crippen MR) is 74.9 cm³/mol. The number of hydrogen-bond acceptors (Lipinski definition) is 4. The molecule has 2 amide bonds. The van der Waals surface area contributed by atoms with Crippen molar-refractivity contribution in [1.82, 2.24) is 9.80 Å². The zero-order valence-corrected chi connectivity index (χ0v) is 12.2. The van der Waals surface area contributed by atoms with Crippen LogP contribution >= 0.6 is 0 Å². The van der Waals surface area contributed by atoms with Gasteiger partial charge in [-0.3, -0.25) is 9.59 Å². The molecule has 2 aliphatic rings. The fraction of sp³-hybridized carbons (Fsp3) is 0.600. The Kier molecular flexibility index (Phi) is 3.96. The average molecular weight is 292 g/mol. The van der Waals surface area contributed by atoms with Gasteiger partial charge in [0.25, 0.3) is 11.8 Å². The summed E-state index contributed by atoms with van der Waals surface area (Å²) in [5.41, 5.74) is 0. The summed E-state index contributed by atoms with van der Waals surface area (Å²) in [5.74, 6) is 1.05. The van der Waals surface area contributed by atoms with Crippen molar-refractivity contribution >= 4 is 11.8 Å². The molecule has 1 aromatic heterocycles. The SMILES string of the molecule is Cc1ccc(C(=O)N2CCN(C(=O)C3CCCO3)CC2)o1.